The maximum Gasteiger partial charge on any atom is 0.142 e. The number of aliphatic hydroxyl groups is 1. The Morgan fingerprint density at radius 3 is 2.83 bits per heavy atom. The molecule has 1 aromatic rings. The maximum atomic E-state index is 13.5. The van der Waals surface area contributed by atoms with Crippen molar-refractivity contribution in [3.05, 3.63) is 29.3 Å². The molecule has 3 heteroatoms. The highest BCUT2D eigenvalue weighted by Gasteiger charge is 2.59. The molecule has 160 valence electrons. The van der Waals surface area contributed by atoms with Crippen LogP contribution in [0, 0.1) is 35.0 Å². The second kappa shape index (κ2) is 8.06. The SMILES string of the molecule is CCC[C@@H]1Cc2cc(OC)ccc2[C@H]2CC[C@]3(C)C(=O)[C@H](CC(C)CO)C[C@H]3[C@H]12. The lowest BCUT2D eigenvalue weighted by Gasteiger charge is -2.51. The van der Waals surface area contributed by atoms with Gasteiger partial charge in [0, 0.05) is 17.9 Å². The standard InChI is InChI=1S/C26H38O3/c1-5-6-17-12-18-13-20(29-4)7-8-21(18)22-9-10-26(3)23(24(17)22)14-19(25(26)28)11-16(2)15-27/h7-8,13,16-17,19,22-24,27H,5-6,9-12,14-15H2,1-4H3/t16?,17-,19-,22-,23+,24-,26+/m1/s1. The minimum absolute atomic E-state index is 0.144. The van der Waals surface area contributed by atoms with Crippen molar-refractivity contribution < 1.29 is 14.6 Å². The molecule has 0 aromatic heterocycles. The molecule has 1 unspecified atom stereocenters. The number of benzene rings is 1. The summed E-state index contributed by atoms with van der Waals surface area (Å²) in [5.41, 5.74) is 2.84. The van der Waals surface area contributed by atoms with E-state index in [1.54, 1.807) is 7.11 Å². The van der Waals surface area contributed by atoms with Crippen LogP contribution in [0.4, 0.5) is 0 Å². The zero-order chi connectivity index (χ0) is 20.8. The highest BCUT2D eigenvalue weighted by Crippen LogP contribution is 2.63. The smallest absolute Gasteiger partial charge is 0.142 e. The largest absolute Gasteiger partial charge is 0.497 e. The molecule has 29 heavy (non-hydrogen) atoms. The third-order valence-corrected chi connectivity index (χ3v) is 8.63. The minimum atomic E-state index is -0.156. The zero-order valence-corrected chi connectivity index (χ0v) is 18.6. The van der Waals surface area contributed by atoms with Gasteiger partial charge in [-0.1, -0.05) is 39.7 Å². The van der Waals surface area contributed by atoms with Crippen LogP contribution in [-0.2, 0) is 11.2 Å². The van der Waals surface area contributed by atoms with E-state index in [0.29, 0.717) is 29.5 Å². The molecule has 0 saturated heterocycles. The third-order valence-electron chi connectivity index (χ3n) is 8.63. The summed E-state index contributed by atoms with van der Waals surface area (Å²) in [6.45, 7) is 6.82. The number of methoxy groups -OCH3 is 1. The summed E-state index contributed by atoms with van der Waals surface area (Å²) >= 11 is 0. The Kier molecular flexibility index (Phi) is 5.81. The minimum Gasteiger partial charge on any atom is -0.497 e. The fourth-order valence-electron chi connectivity index (χ4n) is 7.26. The van der Waals surface area contributed by atoms with E-state index in [4.69, 9.17) is 4.74 Å². The summed E-state index contributed by atoms with van der Waals surface area (Å²) in [5, 5.41) is 9.53. The average molecular weight is 399 g/mol. The van der Waals surface area contributed by atoms with Gasteiger partial charge in [0.25, 0.3) is 0 Å². The molecule has 0 spiro atoms. The first-order valence-electron chi connectivity index (χ1n) is 11.7. The molecule has 1 aromatic carbocycles. The quantitative estimate of drug-likeness (QED) is 0.699. The molecule has 0 aliphatic heterocycles. The third kappa shape index (κ3) is 3.44. The molecule has 0 amide bonds. The van der Waals surface area contributed by atoms with E-state index < -0.39 is 0 Å². The van der Waals surface area contributed by atoms with Crippen molar-refractivity contribution in [3.8, 4) is 5.75 Å². The molecule has 2 saturated carbocycles. The lowest BCUT2D eigenvalue weighted by atomic mass is 9.52. The summed E-state index contributed by atoms with van der Waals surface area (Å²) in [5.74, 6) is 4.19. The first kappa shape index (κ1) is 20.9. The number of ketones is 1. The lowest BCUT2D eigenvalue weighted by Crippen LogP contribution is -2.46. The summed E-state index contributed by atoms with van der Waals surface area (Å²) in [4.78, 5) is 13.5. The van der Waals surface area contributed by atoms with Crippen molar-refractivity contribution in [1.29, 1.82) is 0 Å². The van der Waals surface area contributed by atoms with Crippen LogP contribution in [-0.4, -0.2) is 24.6 Å². The number of Topliss-reactive ketones (excluding diaryl/α,β-unsaturated/α-hetero) is 1. The number of carbonyl (C=O) groups is 1. The van der Waals surface area contributed by atoms with Crippen molar-refractivity contribution >= 4 is 5.78 Å². The van der Waals surface area contributed by atoms with Gasteiger partial charge >= 0.3 is 0 Å². The van der Waals surface area contributed by atoms with Gasteiger partial charge in [0.2, 0.25) is 0 Å². The Morgan fingerprint density at radius 1 is 1.34 bits per heavy atom. The van der Waals surface area contributed by atoms with E-state index in [0.717, 1.165) is 37.9 Å². The second-order valence-corrected chi connectivity index (χ2v) is 10.4. The van der Waals surface area contributed by atoms with Gasteiger partial charge < -0.3 is 9.84 Å². The first-order valence-corrected chi connectivity index (χ1v) is 11.7. The second-order valence-electron chi connectivity index (χ2n) is 10.4. The summed E-state index contributed by atoms with van der Waals surface area (Å²) in [7, 11) is 1.75. The number of hydrogen-bond donors (Lipinski definition) is 1. The Morgan fingerprint density at radius 2 is 2.14 bits per heavy atom. The van der Waals surface area contributed by atoms with Gasteiger partial charge in [0.05, 0.1) is 7.11 Å². The maximum absolute atomic E-state index is 13.5. The molecule has 0 radical (unpaired) electrons. The van der Waals surface area contributed by atoms with Gasteiger partial charge in [-0.15, -0.1) is 0 Å². The van der Waals surface area contributed by atoms with Crippen LogP contribution in [0.2, 0.25) is 0 Å². The molecule has 2 fully saturated rings. The van der Waals surface area contributed by atoms with Gasteiger partial charge in [-0.25, -0.2) is 0 Å². The number of fused-ring (bicyclic) bond motifs is 5. The molecule has 0 bridgehead atoms. The van der Waals surface area contributed by atoms with Crippen molar-refractivity contribution in [3.63, 3.8) is 0 Å². The monoisotopic (exact) mass is 398 g/mol. The van der Waals surface area contributed by atoms with Crippen LogP contribution >= 0.6 is 0 Å². The Hall–Kier alpha value is -1.35. The first-order chi connectivity index (χ1) is 13.9. The number of hydrogen-bond acceptors (Lipinski definition) is 3. The predicted molar refractivity (Wildman–Crippen MR) is 116 cm³/mol. The van der Waals surface area contributed by atoms with E-state index in [1.807, 2.05) is 0 Å². The van der Waals surface area contributed by atoms with Crippen molar-refractivity contribution in [2.45, 2.75) is 71.6 Å². The van der Waals surface area contributed by atoms with Crippen LogP contribution in [0.3, 0.4) is 0 Å². The Labute approximate surface area is 176 Å². The Bertz CT molecular complexity index is 756. The van der Waals surface area contributed by atoms with E-state index >= 15 is 0 Å². The van der Waals surface area contributed by atoms with Crippen molar-refractivity contribution in [2.75, 3.05) is 13.7 Å². The Balaban J connectivity index is 1.69. The van der Waals surface area contributed by atoms with Crippen LogP contribution in [0.25, 0.3) is 0 Å². The van der Waals surface area contributed by atoms with E-state index in [2.05, 4.69) is 39.0 Å². The van der Waals surface area contributed by atoms with Crippen LogP contribution in [0.1, 0.15) is 76.3 Å². The van der Waals surface area contributed by atoms with E-state index in [-0.39, 0.29) is 23.9 Å². The topological polar surface area (TPSA) is 46.5 Å². The number of carbonyl (C=O) groups excluding carboxylic acids is 1. The number of aliphatic hydroxyl groups excluding tert-OH is 1. The average Bonchev–Trinajstić information content (AvgIpc) is 2.98. The lowest BCUT2D eigenvalue weighted by molar-refractivity contribution is -0.133. The summed E-state index contributed by atoms with van der Waals surface area (Å²) in [6, 6.07) is 6.68. The highest BCUT2D eigenvalue weighted by atomic mass is 16.5. The van der Waals surface area contributed by atoms with Crippen LogP contribution < -0.4 is 4.74 Å². The summed E-state index contributed by atoms with van der Waals surface area (Å²) < 4.78 is 5.51. The molecule has 3 nitrogen and oxygen atoms in total. The molecule has 4 rings (SSSR count). The normalized spacial score (nSPS) is 36.9. The fourth-order valence-corrected chi connectivity index (χ4v) is 7.26. The van der Waals surface area contributed by atoms with Gasteiger partial charge in [-0.3, -0.25) is 4.79 Å². The summed E-state index contributed by atoms with van der Waals surface area (Å²) in [6.07, 6.45) is 7.61. The highest BCUT2D eigenvalue weighted by molar-refractivity contribution is 5.89. The predicted octanol–water partition coefficient (Wildman–Crippen LogP) is 5.39. The number of rotatable bonds is 6. The van der Waals surface area contributed by atoms with Crippen LogP contribution in [0.5, 0.6) is 5.75 Å². The molecule has 1 N–H and O–H groups in total. The number of ether oxygens (including phenoxy) is 1. The fraction of sp³-hybridized carbons (Fsp3) is 0.731. The van der Waals surface area contributed by atoms with Crippen LogP contribution in [0.15, 0.2) is 18.2 Å². The van der Waals surface area contributed by atoms with Gasteiger partial charge in [0.1, 0.15) is 11.5 Å². The van der Waals surface area contributed by atoms with E-state index in [1.165, 1.54) is 24.0 Å². The molecular weight excluding hydrogens is 360 g/mol. The van der Waals surface area contributed by atoms with Gasteiger partial charge in [-0.05, 0) is 85.0 Å². The molecule has 3 aliphatic carbocycles. The van der Waals surface area contributed by atoms with Gasteiger partial charge in [0.15, 0.2) is 0 Å². The van der Waals surface area contributed by atoms with Gasteiger partial charge in [-0.2, -0.15) is 0 Å². The van der Waals surface area contributed by atoms with Crippen molar-refractivity contribution in [1.82, 2.24) is 0 Å². The van der Waals surface area contributed by atoms with E-state index in [9.17, 15) is 9.90 Å². The molecule has 0 heterocycles. The molecular formula is C26H38O3. The molecule has 3 aliphatic rings. The zero-order valence-electron chi connectivity index (χ0n) is 18.6. The molecule has 7 atom stereocenters. The van der Waals surface area contributed by atoms with Crippen molar-refractivity contribution in [2.24, 2.45) is 35.0 Å².